The van der Waals surface area contributed by atoms with Crippen LogP contribution < -0.4 is 21.3 Å². The van der Waals surface area contributed by atoms with Crippen LogP contribution in [-0.2, 0) is 4.74 Å². The van der Waals surface area contributed by atoms with E-state index in [0.717, 1.165) is 31.1 Å². The van der Waals surface area contributed by atoms with Crippen molar-refractivity contribution in [1.29, 1.82) is 0 Å². The number of hydrogen-bond acceptors (Lipinski definition) is 8. The predicted molar refractivity (Wildman–Crippen MR) is 156 cm³/mol. The number of ether oxygens (including phenoxy) is 1. The molecule has 5 rings (SSSR count). The van der Waals surface area contributed by atoms with Crippen LogP contribution >= 0.6 is 0 Å². The fourth-order valence-corrected chi connectivity index (χ4v) is 5.92. The van der Waals surface area contributed by atoms with Crippen molar-refractivity contribution < 1.29 is 14.3 Å². The molecule has 1 aromatic carbocycles. The zero-order chi connectivity index (χ0) is 28.4. The summed E-state index contributed by atoms with van der Waals surface area (Å²) in [6.45, 7) is 10.7. The normalized spacial score (nSPS) is 22.6. The van der Waals surface area contributed by atoms with Gasteiger partial charge in [-0.25, -0.2) is 14.8 Å². The van der Waals surface area contributed by atoms with Crippen molar-refractivity contribution in [3.8, 4) is 0 Å². The minimum atomic E-state index is -0.642. The molecule has 3 aliphatic rings. The molecule has 2 aromatic rings. The molecule has 40 heavy (non-hydrogen) atoms. The third kappa shape index (κ3) is 6.83. The summed E-state index contributed by atoms with van der Waals surface area (Å²) in [6, 6.07) is 9.08. The molecule has 0 bridgehead atoms. The Morgan fingerprint density at radius 1 is 1.02 bits per heavy atom. The molecular formula is C30H43N7O3. The molecule has 1 aromatic heterocycles. The van der Waals surface area contributed by atoms with Crippen molar-refractivity contribution in [2.75, 3.05) is 29.9 Å². The van der Waals surface area contributed by atoms with Crippen LogP contribution in [0.25, 0.3) is 0 Å². The van der Waals surface area contributed by atoms with Crippen molar-refractivity contribution in [1.82, 2.24) is 20.2 Å². The van der Waals surface area contributed by atoms with Crippen molar-refractivity contribution >= 4 is 29.3 Å². The first-order chi connectivity index (χ1) is 19.1. The molecule has 2 amide bonds. The van der Waals surface area contributed by atoms with Gasteiger partial charge in [-0.3, -0.25) is 4.79 Å². The molecule has 2 atom stereocenters. The Kier molecular flexibility index (Phi) is 8.16. The smallest absolute Gasteiger partial charge is 0.407 e. The van der Waals surface area contributed by atoms with Gasteiger partial charge < -0.3 is 30.9 Å². The van der Waals surface area contributed by atoms with E-state index in [9.17, 15) is 9.59 Å². The van der Waals surface area contributed by atoms with Gasteiger partial charge >= 0.3 is 6.09 Å². The minimum Gasteiger partial charge on any atom is -0.444 e. The Balaban J connectivity index is 1.27. The molecule has 3 heterocycles. The predicted octanol–water partition coefficient (Wildman–Crippen LogP) is 4.54. The number of rotatable bonds is 7. The fraction of sp³-hybridized carbons (Fsp3) is 0.600. The number of nitrogens with zero attached hydrogens (tertiary/aromatic N) is 4. The number of likely N-dealkylation sites (tertiary alicyclic amines) is 1. The van der Waals surface area contributed by atoms with Gasteiger partial charge in [-0.1, -0.05) is 12.1 Å². The maximum Gasteiger partial charge on any atom is 0.407 e. The Bertz CT molecular complexity index is 1200. The van der Waals surface area contributed by atoms with E-state index in [-0.39, 0.29) is 17.8 Å². The number of hydrogen-bond donors (Lipinski definition) is 3. The lowest BCUT2D eigenvalue weighted by Gasteiger charge is -2.40. The van der Waals surface area contributed by atoms with Gasteiger partial charge in [0, 0.05) is 24.3 Å². The van der Waals surface area contributed by atoms with Crippen LogP contribution in [0.4, 0.5) is 22.1 Å². The second-order valence-corrected chi connectivity index (χ2v) is 12.4. The van der Waals surface area contributed by atoms with Crippen molar-refractivity contribution in [2.45, 2.75) is 95.9 Å². The highest BCUT2D eigenvalue weighted by Crippen LogP contribution is 2.35. The Morgan fingerprint density at radius 2 is 1.73 bits per heavy atom. The van der Waals surface area contributed by atoms with Gasteiger partial charge in [0.2, 0.25) is 0 Å². The van der Waals surface area contributed by atoms with E-state index in [2.05, 4.69) is 37.6 Å². The average molecular weight is 550 g/mol. The Morgan fingerprint density at radius 3 is 2.35 bits per heavy atom. The Labute approximate surface area is 237 Å². The van der Waals surface area contributed by atoms with Crippen LogP contribution in [0, 0.1) is 0 Å². The maximum atomic E-state index is 12.4. The van der Waals surface area contributed by atoms with Crippen LogP contribution in [0.5, 0.6) is 0 Å². The molecule has 0 radical (unpaired) electrons. The van der Waals surface area contributed by atoms with E-state index in [0.29, 0.717) is 17.6 Å². The van der Waals surface area contributed by atoms with Gasteiger partial charge in [-0.2, -0.15) is 0 Å². The summed E-state index contributed by atoms with van der Waals surface area (Å²) in [7, 11) is 0. The van der Waals surface area contributed by atoms with E-state index in [4.69, 9.17) is 15.5 Å². The zero-order valence-electron chi connectivity index (χ0n) is 24.2. The van der Waals surface area contributed by atoms with Crippen molar-refractivity contribution in [3.63, 3.8) is 0 Å². The summed E-state index contributed by atoms with van der Waals surface area (Å²) in [4.78, 5) is 38.5. The Hall–Kier alpha value is -3.40. The topological polar surface area (TPSA) is 126 Å². The monoisotopic (exact) mass is 549 g/mol. The third-order valence-electron chi connectivity index (χ3n) is 8.22. The third-order valence-corrected chi connectivity index (χ3v) is 8.22. The van der Waals surface area contributed by atoms with E-state index in [1.54, 1.807) is 6.20 Å². The second kappa shape index (κ2) is 11.6. The van der Waals surface area contributed by atoms with Gasteiger partial charge in [0.25, 0.3) is 5.91 Å². The summed E-state index contributed by atoms with van der Waals surface area (Å²) < 4.78 is 5.46. The number of amides is 2. The molecular weight excluding hydrogens is 506 g/mol. The number of aromatic nitrogens is 2. The summed E-state index contributed by atoms with van der Waals surface area (Å²) in [6.07, 6.45) is 7.97. The van der Waals surface area contributed by atoms with Crippen LogP contribution in [0.2, 0.25) is 0 Å². The lowest BCUT2D eigenvalue weighted by atomic mass is 9.89. The summed E-state index contributed by atoms with van der Waals surface area (Å²) in [5.74, 6) is 0.882. The zero-order valence-corrected chi connectivity index (χ0v) is 24.2. The molecule has 2 saturated heterocycles. The number of alkyl carbamates (subject to hydrolysis) is 1. The number of nitrogens with two attached hydrogens (primary N) is 1. The molecule has 216 valence electrons. The van der Waals surface area contributed by atoms with Gasteiger partial charge in [0.05, 0.1) is 12.2 Å². The first kappa shape index (κ1) is 28.1. The van der Waals surface area contributed by atoms with Gasteiger partial charge in [-0.15, -0.1) is 0 Å². The summed E-state index contributed by atoms with van der Waals surface area (Å²) >= 11 is 0. The molecule has 1 saturated carbocycles. The average Bonchev–Trinajstić information content (AvgIpc) is 3.75. The molecule has 0 unspecified atom stereocenters. The first-order valence-electron chi connectivity index (χ1n) is 14.6. The number of anilines is 3. The number of piperidine rings is 2. The summed E-state index contributed by atoms with van der Waals surface area (Å²) in [5.41, 5.74) is 7.35. The van der Waals surface area contributed by atoms with E-state index in [1.165, 1.54) is 44.3 Å². The molecule has 0 spiro atoms. The standard InChI is InChI=1S/C30H43N7O3/c1-19-24(34-29(39)40-30(2,3)4)6-5-15-37(19)25-18-32-26(27(31)38)28(35-25)33-22-9-7-20(8-10-22)21-13-16-36(17-14-21)23-11-12-23/h7-10,18-19,21,23-24H,5-6,11-17H2,1-4H3,(H2,31,38)(H,33,35)(H,34,39)/t19-,24-/m1/s1. The highest BCUT2D eigenvalue weighted by Gasteiger charge is 2.33. The summed E-state index contributed by atoms with van der Waals surface area (Å²) in [5, 5.41) is 6.29. The molecule has 3 fully saturated rings. The van der Waals surface area contributed by atoms with Crippen molar-refractivity contribution in [3.05, 3.63) is 41.7 Å². The SMILES string of the molecule is C[C@@H]1[C@H](NC(=O)OC(C)(C)C)CCCN1c1cnc(C(N)=O)c(Nc2ccc(C3CCN(C4CC4)CC3)cc2)n1. The molecule has 10 heteroatoms. The number of carbonyl (C=O) groups is 2. The second-order valence-electron chi connectivity index (χ2n) is 12.4. The quantitative estimate of drug-likeness (QED) is 0.460. The largest absolute Gasteiger partial charge is 0.444 e. The van der Waals surface area contributed by atoms with E-state index < -0.39 is 17.6 Å². The van der Waals surface area contributed by atoms with Crippen LogP contribution in [0.3, 0.4) is 0 Å². The van der Waals surface area contributed by atoms with Crippen molar-refractivity contribution in [2.24, 2.45) is 5.73 Å². The highest BCUT2D eigenvalue weighted by atomic mass is 16.6. The molecule has 4 N–H and O–H groups in total. The number of benzene rings is 1. The first-order valence-corrected chi connectivity index (χ1v) is 14.6. The number of nitrogens with one attached hydrogen (secondary N) is 2. The van der Waals surface area contributed by atoms with E-state index in [1.807, 2.05) is 39.8 Å². The maximum absolute atomic E-state index is 12.4. The molecule has 10 nitrogen and oxygen atoms in total. The van der Waals surface area contributed by atoms with Gasteiger partial charge in [-0.05, 0) is 103 Å². The minimum absolute atomic E-state index is 0.0477. The molecule has 1 aliphatic carbocycles. The van der Waals surface area contributed by atoms with E-state index >= 15 is 0 Å². The number of carbonyl (C=O) groups excluding carboxylic acids is 2. The fourth-order valence-electron chi connectivity index (χ4n) is 5.92. The highest BCUT2D eigenvalue weighted by molar-refractivity contribution is 5.96. The lowest BCUT2D eigenvalue weighted by Crippen LogP contribution is -2.55. The van der Waals surface area contributed by atoms with Gasteiger partial charge in [0.1, 0.15) is 11.4 Å². The van der Waals surface area contributed by atoms with Crippen LogP contribution in [0.15, 0.2) is 30.5 Å². The van der Waals surface area contributed by atoms with Gasteiger partial charge in [0.15, 0.2) is 11.5 Å². The van der Waals surface area contributed by atoms with Crippen LogP contribution in [-0.4, -0.2) is 70.2 Å². The number of primary amides is 1. The van der Waals surface area contributed by atoms with Crippen LogP contribution in [0.1, 0.15) is 88.2 Å². The molecule has 2 aliphatic heterocycles. The lowest BCUT2D eigenvalue weighted by molar-refractivity contribution is 0.0489.